The van der Waals surface area contributed by atoms with Gasteiger partial charge in [0.05, 0.1) is 23.5 Å². The molecule has 0 radical (unpaired) electrons. The van der Waals surface area contributed by atoms with Crippen molar-refractivity contribution >= 4 is 11.6 Å². The first kappa shape index (κ1) is 18.9. The molecule has 0 bridgehead atoms. The number of ether oxygens (including phenoxy) is 1. The summed E-state index contributed by atoms with van der Waals surface area (Å²) in [6.45, 7) is 1.88. The van der Waals surface area contributed by atoms with Crippen LogP contribution in [0.2, 0.25) is 5.02 Å². The van der Waals surface area contributed by atoms with Gasteiger partial charge < -0.3 is 9.72 Å². The summed E-state index contributed by atoms with van der Waals surface area (Å²) in [6.07, 6.45) is -2.88. The van der Waals surface area contributed by atoms with Crippen LogP contribution in [-0.2, 0) is 6.18 Å². The number of halogens is 5. The number of alkyl halides is 3. The van der Waals surface area contributed by atoms with Crippen molar-refractivity contribution < 1.29 is 22.3 Å². The highest BCUT2D eigenvalue weighted by molar-refractivity contribution is 6.31. The average molecular weight is 403 g/mol. The molecule has 0 unspecified atom stereocenters. The maximum atomic E-state index is 14.8. The molecular weight excluding hydrogens is 392 g/mol. The normalized spacial score (nSPS) is 11.6. The van der Waals surface area contributed by atoms with Crippen LogP contribution in [0.4, 0.5) is 17.6 Å². The molecule has 0 saturated heterocycles. The molecule has 142 valence electrons. The van der Waals surface area contributed by atoms with Crippen LogP contribution in [-0.4, -0.2) is 26.6 Å². The SMILES string of the molecule is CCOc1c[nH]c(=O)cc1-c1c(-n2cc(C(F)(F)F)nn2)ccc(Cl)c1F. The molecule has 6 nitrogen and oxygen atoms in total. The highest BCUT2D eigenvalue weighted by atomic mass is 35.5. The van der Waals surface area contributed by atoms with Crippen LogP contribution in [0.5, 0.6) is 5.75 Å². The minimum atomic E-state index is -4.72. The van der Waals surface area contributed by atoms with E-state index in [1.54, 1.807) is 6.92 Å². The van der Waals surface area contributed by atoms with E-state index >= 15 is 0 Å². The summed E-state index contributed by atoms with van der Waals surface area (Å²) in [5.41, 5.74) is -2.13. The Balaban J connectivity index is 2.28. The van der Waals surface area contributed by atoms with Gasteiger partial charge in [-0.3, -0.25) is 4.79 Å². The van der Waals surface area contributed by atoms with Crippen molar-refractivity contribution in [3.63, 3.8) is 0 Å². The van der Waals surface area contributed by atoms with E-state index in [4.69, 9.17) is 16.3 Å². The molecule has 0 fully saturated rings. The molecule has 1 aromatic carbocycles. The van der Waals surface area contributed by atoms with E-state index in [9.17, 15) is 22.4 Å². The van der Waals surface area contributed by atoms with Gasteiger partial charge in [0.25, 0.3) is 0 Å². The second kappa shape index (κ2) is 7.03. The van der Waals surface area contributed by atoms with Gasteiger partial charge >= 0.3 is 6.18 Å². The Morgan fingerprint density at radius 2 is 2.07 bits per heavy atom. The quantitative estimate of drug-likeness (QED) is 0.673. The second-order valence-corrected chi connectivity index (χ2v) is 5.72. The largest absolute Gasteiger partial charge is 0.492 e. The van der Waals surface area contributed by atoms with Crippen LogP contribution >= 0.6 is 11.6 Å². The van der Waals surface area contributed by atoms with Gasteiger partial charge in [-0.15, -0.1) is 5.10 Å². The summed E-state index contributed by atoms with van der Waals surface area (Å²) in [6, 6.07) is 3.50. The highest BCUT2D eigenvalue weighted by Gasteiger charge is 2.35. The zero-order valence-electron chi connectivity index (χ0n) is 13.6. The highest BCUT2D eigenvalue weighted by Crippen LogP contribution is 2.38. The minimum Gasteiger partial charge on any atom is -0.492 e. The number of pyridine rings is 1. The van der Waals surface area contributed by atoms with Gasteiger partial charge in [0.15, 0.2) is 11.5 Å². The van der Waals surface area contributed by atoms with Gasteiger partial charge in [-0.1, -0.05) is 16.8 Å². The summed E-state index contributed by atoms with van der Waals surface area (Å²) >= 11 is 5.84. The Morgan fingerprint density at radius 3 is 2.70 bits per heavy atom. The number of hydrogen-bond acceptors (Lipinski definition) is 4. The molecule has 0 spiro atoms. The fourth-order valence-electron chi connectivity index (χ4n) is 2.43. The van der Waals surface area contributed by atoms with E-state index < -0.39 is 23.2 Å². The molecule has 0 atom stereocenters. The summed E-state index contributed by atoms with van der Waals surface area (Å²) in [5, 5.41) is 6.19. The van der Waals surface area contributed by atoms with Crippen molar-refractivity contribution in [2.45, 2.75) is 13.1 Å². The fraction of sp³-hybridized carbons (Fsp3) is 0.188. The summed E-state index contributed by atoms with van der Waals surface area (Å²) in [5.74, 6) is -0.819. The molecule has 0 saturated carbocycles. The molecule has 0 aliphatic carbocycles. The Hall–Kier alpha value is -2.88. The smallest absolute Gasteiger partial charge is 0.436 e. The van der Waals surface area contributed by atoms with Crippen LogP contribution < -0.4 is 10.3 Å². The number of aromatic nitrogens is 4. The number of nitrogens with zero attached hydrogens (tertiary/aromatic N) is 3. The Kier molecular flexibility index (Phi) is 4.92. The molecule has 11 heteroatoms. The van der Waals surface area contributed by atoms with Gasteiger partial charge in [-0.05, 0) is 19.1 Å². The van der Waals surface area contributed by atoms with Crippen LogP contribution in [0.15, 0.2) is 35.4 Å². The molecule has 2 heterocycles. The van der Waals surface area contributed by atoms with Gasteiger partial charge in [0, 0.05) is 23.4 Å². The van der Waals surface area contributed by atoms with Gasteiger partial charge in [-0.2, -0.15) is 13.2 Å². The van der Waals surface area contributed by atoms with Crippen molar-refractivity contribution in [2.24, 2.45) is 0 Å². The third-order valence-corrected chi connectivity index (χ3v) is 3.85. The zero-order chi connectivity index (χ0) is 19.8. The molecule has 1 N–H and O–H groups in total. The standard InChI is InChI=1S/C16H11ClF4N4O2/c1-2-27-11-6-22-13(26)5-8(11)14-10(4-3-9(17)15(14)18)25-7-12(23-24-25)16(19,20)21/h3-7H,2H2,1H3,(H,22,26). The molecule has 3 rings (SSSR count). The van der Waals surface area contributed by atoms with Gasteiger partial charge in [0.1, 0.15) is 5.75 Å². The third-order valence-electron chi connectivity index (χ3n) is 3.56. The van der Waals surface area contributed by atoms with E-state index in [-0.39, 0.29) is 34.2 Å². The number of aromatic amines is 1. The predicted octanol–water partition coefficient (Wildman–Crippen LogP) is 3.83. The second-order valence-electron chi connectivity index (χ2n) is 5.31. The summed E-state index contributed by atoms with van der Waals surface area (Å²) in [7, 11) is 0. The van der Waals surface area contributed by atoms with E-state index in [0.29, 0.717) is 6.20 Å². The molecule has 2 aromatic heterocycles. The van der Waals surface area contributed by atoms with E-state index in [0.717, 1.165) is 16.8 Å². The lowest BCUT2D eigenvalue weighted by Gasteiger charge is -2.15. The number of hydrogen-bond donors (Lipinski definition) is 1. The topological polar surface area (TPSA) is 72.8 Å². The molecule has 3 aromatic rings. The summed E-state index contributed by atoms with van der Waals surface area (Å²) < 4.78 is 59.5. The van der Waals surface area contributed by atoms with Crippen LogP contribution in [0.1, 0.15) is 12.6 Å². The van der Waals surface area contributed by atoms with Crippen LogP contribution in [0.25, 0.3) is 16.8 Å². The lowest BCUT2D eigenvalue weighted by atomic mass is 10.0. The fourth-order valence-corrected chi connectivity index (χ4v) is 2.59. The average Bonchev–Trinajstić information content (AvgIpc) is 3.09. The van der Waals surface area contributed by atoms with Gasteiger partial charge in [-0.25, -0.2) is 9.07 Å². The maximum Gasteiger partial charge on any atom is 0.436 e. The Bertz CT molecular complexity index is 1050. The van der Waals surface area contributed by atoms with Gasteiger partial charge in [0.2, 0.25) is 5.56 Å². The lowest BCUT2D eigenvalue weighted by molar-refractivity contribution is -0.141. The Morgan fingerprint density at radius 1 is 1.33 bits per heavy atom. The minimum absolute atomic E-state index is 0.0136. The van der Waals surface area contributed by atoms with Crippen LogP contribution in [0.3, 0.4) is 0 Å². The number of H-pyrrole nitrogens is 1. The van der Waals surface area contributed by atoms with Crippen LogP contribution in [0, 0.1) is 5.82 Å². The molecule has 27 heavy (non-hydrogen) atoms. The van der Waals surface area contributed by atoms with Crippen molar-refractivity contribution in [1.29, 1.82) is 0 Å². The van der Waals surface area contributed by atoms with E-state index in [1.807, 2.05) is 0 Å². The van der Waals surface area contributed by atoms with Crippen molar-refractivity contribution in [1.82, 2.24) is 20.0 Å². The van der Waals surface area contributed by atoms with Crippen molar-refractivity contribution in [3.8, 4) is 22.6 Å². The van der Waals surface area contributed by atoms with Crippen molar-refractivity contribution in [2.75, 3.05) is 6.61 Å². The number of rotatable bonds is 4. The Labute approximate surface area is 154 Å². The van der Waals surface area contributed by atoms with E-state index in [2.05, 4.69) is 15.3 Å². The number of benzene rings is 1. The first-order chi connectivity index (χ1) is 12.7. The molecule has 0 aliphatic heterocycles. The lowest BCUT2D eigenvalue weighted by Crippen LogP contribution is -2.09. The summed E-state index contributed by atoms with van der Waals surface area (Å²) in [4.78, 5) is 14.1. The predicted molar refractivity (Wildman–Crippen MR) is 88.6 cm³/mol. The third kappa shape index (κ3) is 3.65. The van der Waals surface area contributed by atoms with Crippen molar-refractivity contribution in [3.05, 3.63) is 57.5 Å². The number of nitrogens with one attached hydrogen (secondary N) is 1. The first-order valence-corrected chi connectivity index (χ1v) is 7.94. The maximum absolute atomic E-state index is 14.8. The van der Waals surface area contributed by atoms with E-state index in [1.165, 1.54) is 12.3 Å². The molecule has 0 amide bonds. The molecular formula is C16H11ClF4N4O2. The first-order valence-electron chi connectivity index (χ1n) is 7.56. The zero-order valence-corrected chi connectivity index (χ0v) is 14.4. The molecule has 0 aliphatic rings. The monoisotopic (exact) mass is 402 g/mol.